The van der Waals surface area contributed by atoms with Crippen LogP contribution >= 0.6 is 0 Å². The van der Waals surface area contributed by atoms with Gasteiger partial charge in [-0.25, -0.2) is 4.98 Å². The molecule has 0 aromatic carbocycles. The number of aromatic nitrogens is 3. The van der Waals surface area contributed by atoms with E-state index < -0.39 is 0 Å². The molecule has 17 heavy (non-hydrogen) atoms. The van der Waals surface area contributed by atoms with Crippen LogP contribution in [0.3, 0.4) is 0 Å². The van der Waals surface area contributed by atoms with Crippen LogP contribution < -0.4 is 5.32 Å². The topological polar surface area (TPSA) is 73.9 Å². The molecule has 1 fully saturated rings. The van der Waals surface area contributed by atoms with Gasteiger partial charge in [-0.05, 0) is 33.2 Å². The maximum Gasteiger partial charge on any atom is 0.293 e. The predicted molar refractivity (Wildman–Crippen MR) is 63.7 cm³/mol. The number of carbonyl (C=O) groups is 1. The number of aryl methyl sites for hydroxylation is 1. The maximum absolute atomic E-state index is 12.3. The van der Waals surface area contributed by atoms with E-state index in [0.717, 1.165) is 25.9 Å². The molecule has 1 amide bonds. The molecule has 1 atom stereocenters. The lowest BCUT2D eigenvalue weighted by molar-refractivity contribution is 0.0603. The van der Waals surface area contributed by atoms with Crippen molar-refractivity contribution in [3.63, 3.8) is 0 Å². The fourth-order valence-electron chi connectivity index (χ4n) is 2.28. The van der Waals surface area contributed by atoms with Crippen LogP contribution in [0.4, 0.5) is 0 Å². The third kappa shape index (κ3) is 2.63. The Bertz CT molecular complexity index is 387. The van der Waals surface area contributed by atoms with Crippen LogP contribution in [-0.4, -0.2) is 52.2 Å². The zero-order valence-electron chi connectivity index (χ0n) is 10.4. The van der Waals surface area contributed by atoms with Crippen molar-refractivity contribution in [2.45, 2.75) is 32.2 Å². The van der Waals surface area contributed by atoms with Gasteiger partial charge >= 0.3 is 0 Å². The van der Waals surface area contributed by atoms with Crippen molar-refractivity contribution < 1.29 is 4.79 Å². The highest BCUT2D eigenvalue weighted by Crippen LogP contribution is 2.18. The molecule has 0 saturated carbocycles. The second kappa shape index (κ2) is 5.27. The minimum Gasteiger partial charge on any atom is -0.332 e. The highest BCUT2D eigenvalue weighted by molar-refractivity contribution is 5.90. The van der Waals surface area contributed by atoms with Gasteiger partial charge in [0, 0.05) is 19.1 Å². The SMILES string of the molecule is CNCC1CCCCN1C(=O)c1n[nH]c(C)n1. The van der Waals surface area contributed by atoms with E-state index in [9.17, 15) is 4.79 Å². The minimum atomic E-state index is -0.0608. The van der Waals surface area contributed by atoms with Crippen LogP contribution in [0.25, 0.3) is 0 Å². The van der Waals surface area contributed by atoms with Crippen LogP contribution in [0.1, 0.15) is 35.7 Å². The maximum atomic E-state index is 12.3. The predicted octanol–water partition coefficient (Wildman–Crippen LogP) is 0.327. The van der Waals surface area contributed by atoms with E-state index in [-0.39, 0.29) is 17.8 Å². The first kappa shape index (κ1) is 12.0. The molecule has 0 aliphatic carbocycles. The summed E-state index contributed by atoms with van der Waals surface area (Å²) in [6.45, 7) is 3.43. The molecule has 0 spiro atoms. The molecular formula is C11H19N5O. The number of piperidine rings is 1. The second-order valence-electron chi connectivity index (χ2n) is 4.45. The largest absolute Gasteiger partial charge is 0.332 e. The molecule has 2 heterocycles. The number of amides is 1. The molecule has 2 rings (SSSR count). The lowest BCUT2D eigenvalue weighted by Crippen LogP contribution is -2.48. The number of hydrogen-bond donors (Lipinski definition) is 2. The average molecular weight is 237 g/mol. The van der Waals surface area contributed by atoms with Gasteiger partial charge in [0.25, 0.3) is 5.91 Å². The zero-order valence-corrected chi connectivity index (χ0v) is 10.4. The Morgan fingerprint density at radius 1 is 1.59 bits per heavy atom. The Hall–Kier alpha value is -1.43. The Balaban J connectivity index is 2.10. The average Bonchev–Trinajstić information content (AvgIpc) is 2.76. The van der Waals surface area contributed by atoms with Crippen molar-refractivity contribution in [1.29, 1.82) is 0 Å². The molecule has 6 heteroatoms. The summed E-state index contributed by atoms with van der Waals surface area (Å²) in [5.74, 6) is 0.898. The second-order valence-corrected chi connectivity index (χ2v) is 4.45. The van der Waals surface area contributed by atoms with Gasteiger partial charge in [0.15, 0.2) is 0 Å². The number of nitrogens with zero attached hydrogens (tertiary/aromatic N) is 3. The van der Waals surface area contributed by atoms with Crippen molar-refractivity contribution in [2.24, 2.45) is 0 Å². The molecule has 0 radical (unpaired) electrons. The fourth-order valence-corrected chi connectivity index (χ4v) is 2.28. The summed E-state index contributed by atoms with van der Waals surface area (Å²) >= 11 is 0. The number of rotatable bonds is 3. The van der Waals surface area contributed by atoms with Gasteiger partial charge in [-0.3, -0.25) is 9.89 Å². The smallest absolute Gasteiger partial charge is 0.293 e. The van der Waals surface area contributed by atoms with E-state index in [1.54, 1.807) is 6.92 Å². The van der Waals surface area contributed by atoms with E-state index in [4.69, 9.17) is 0 Å². The molecule has 1 aliphatic rings. The molecule has 1 unspecified atom stereocenters. The van der Waals surface area contributed by atoms with Crippen molar-refractivity contribution >= 4 is 5.91 Å². The molecule has 1 aliphatic heterocycles. The first-order valence-electron chi connectivity index (χ1n) is 6.07. The summed E-state index contributed by atoms with van der Waals surface area (Å²) in [4.78, 5) is 18.2. The molecule has 2 N–H and O–H groups in total. The van der Waals surface area contributed by atoms with Crippen LogP contribution in [0.2, 0.25) is 0 Å². The van der Waals surface area contributed by atoms with E-state index in [1.807, 2.05) is 11.9 Å². The van der Waals surface area contributed by atoms with Crippen LogP contribution in [-0.2, 0) is 0 Å². The monoisotopic (exact) mass is 237 g/mol. The van der Waals surface area contributed by atoms with Crippen LogP contribution in [0, 0.1) is 6.92 Å². The van der Waals surface area contributed by atoms with Gasteiger partial charge in [-0.2, -0.15) is 0 Å². The molecule has 1 aromatic heterocycles. The fraction of sp³-hybridized carbons (Fsp3) is 0.727. The number of nitrogens with one attached hydrogen (secondary N) is 2. The molecule has 6 nitrogen and oxygen atoms in total. The third-order valence-corrected chi connectivity index (χ3v) is 3.12. The minimum absolute atomic E-state index is 0.0608. The number of likely N-dealkylation sites (tertiary alicyclic amines) is 1. The van der Waals surface area contributed by atoms with E-state index in [0.29, 0.717) is 5.82 Å². The first-order chi connectivity index (χ1) is 8.22. The number of carbonyl (C=O) groups excluding carboxylic acids is 1. The third-order valence-electron chi connectivity index (χ3n) is 3.12. The Labute approximate surface area is 101 Å². The Kier molecular flexibility index (Phi) is 3.73. The lowest BCUT2D eigenvalue weighted by atomic mass is 10.0. The summed E-state index contributed by atoms with van der Waals surface area (Å²) < 4.78 is 0. The molecule has 1 aromatic rings. The van der Waals surface area contributed by atoms with E-state index in [2.05, 4.69) is 20.5 Å². The Morgan fingerprint density at radius 3 is 3.06 bits per heavy atom. The van der Waals surface area contributed by atoms with Gasteiger partial charge in [0.2, 0.25) is 5.82 Å². The molecule has 0 bridgehead atoms. The number of aromatic amines is 1. The summed E-state index contributed by atoms with van der Waals surface area (Å²) in [6, 6.07) is 0.264. The van der Waals surface area contributed by atoms with E-state index in [1.165, 1.54) is 6.42 Å². The molecule has 94 valence electrons. The lowest BCUT2D eigenvalue weighted by Gasteiger charge is -2.34. The molecular weight excluding hydrogens is 218 g/mol. The van der Waals surface area contributed by atoms with Crippen molar-refractivity contribution in [2.75, 3.05) is 20.1 Å². The summed E-state index contributed by atoms with van der Waals surface area (Å²) in [6.07, 6.45) is 3.30. The number of hydrogen-bond acceptors (Lipinski definition) is 4. The van der Waals surface area contributed by atoms with Crippen LogP contribution in [0.5, 0.6) is 0 Å². The van der Waals surface area contributed by atoms with E-state index >= 15 is 0 Å². The first-order valence-corrected chi connectivity index (χ1v) is 6.07. The van der Waals surface area contributed by atoms with Crippen LogP contribution in [0.15, 0.2) is 0 Å². The van der Waals surface area contributed by atoms with Gasteiger partial charge in [0.05, 0.1) is 0 Å². The normalized spacial score (nSPS) is 20.6. The number of likely N-dealkylation sites (N-methyl/N-ethyl adjacent to an activating group) is 1. The van der Waals surface area contributed by atoms with Gasteiger partial charge in [0.1, 0.15) is 5.82 Å². The standard InChI is InChI=1S/C11H19N5O/c1-8-13-10(15-14-8)11(17)16-6-4-3-5-9(16)7-12-2/h9,12H,3-7H2,1-2H3,(H,13,14,15). The van der Waals surface area contributed by atoms with Crippen molar-refractivity contribution in [1.82, 2.24) is 25.4 Å². The number of H-pyrrole nitrogens is 1. The van der Waals surface area contributed by atoms with Gasteiger partial charge in [-0.1, -0.05) is 0 Å². The van der Waals surface area contributed by atoms with Gasteiger partial charge < -0.3 is 10.2 Å². The highest BCUT2D eigenvalue weighted by Gasteiger charge is 2.28. The summed E-state index contributed by atoms with van der Waals surface area (Å²) in [5, 5.41) is 9.79. The highest BCUT2D eigenvalue weighted by atomic mass is 16.2. The zero-order chi connectivity index (χ0) is 12.3. The summed E-state index contributed by atoms with van der Waals surface area (Å²) in [5.41, 5.74) is 0. The van der Waals surface area contributed by atoms with Crippen molar-refractivity contribution in [3.8, 4) is 0 Å². The summed E-state index contributed by atoms with van der Waals surface area (Å²) in [7, 11) is 1.91. The quantitative estimate of drug-likeness (QED) is 0.794. The van der Waals surface area contributed by atoms with Gasteiger partial charge in [-0.15, -0.1) is 5.10 Å². The van der Waals surface area contributed by atoms with Crippen molar-refractivity contribution in [3.05, 3.63) is 11.6 Å². The molecule has 1 saturated heterocycles. The Morgan fingerprint density at radius 2 is 2.41 bits per heavy atom.